The molecule has 5 rings (SSSR count). The van der Waals surface area contributed by atoms with Crippen molar-refractivity contribution in [3.63, 3.8) is 0 Å². The smallest absolute Gasteiger partial charge is 0.352 e. The van der Waals surface area contributed by atoms with Crippen molar-refractivity contribution in [2.45, 2.75) is 51.0 Å². The van der Waals surface area contributed by atoms with Crippen molar-refractivity contribution in [2.24, 2.45) is 5.73 Å². The molecule has 3 heterocycles. The molecule has 15 heteroatoms. The van der Waals surface area contributed by atoms with Crippen LogP contribution in [-0.4, -0.2) is 54.6 Å². The number of nitrogens with zero attached hydrogens (tertiary/aromatic N) is 6. The van der Waals surface area contributed by atoms with E-state index in [2.05, 4.69) is 31.0 Å². The van der Waals surface area contributed by atoms with Gasteiger partial charge in [-0.2, -0.15) is 23.5 Å². The third-order valence-corrected chi connectivity index (χ3v) is 6.91. The van der Waals surface area contributed by atoms with Crippen LogP contribution in [0.2, 0.25) is 0 Å². The number of nitrogens with two attached hydrogens (primary N) is 1. The van der Waals surface area contributed by atoms with E-state index >= 15 is 0 Å². The monoisotopic (exact) mass is 580 g/mol. The van der Waals surface area contributed by atoms with Crippen molar-refractivity contribution in [2.75, 3.05) is 11.9 Å². The number of fused-ring (bicyclic) bond motifs is 1. The third-order valence-electron chi connectivity index (χ3n) is 6.91. The van der Waals surface area contributed by atoms with Gasteiger partial charge in [0.25, 0.3) is 5.91 Å². The standard InChI is InChI=1S/C27H27F3N10O2/c1-2-15-9-17(3-4-19(15)26(42)35-13-22(41)36-18-10-16(32)11-18)37-24-25-34-12-21(40(25)8-6-33-24)20-14-39(7-5-31)38-23(20)27(28,29)30/h3-4,6,8-9,12,14,16,18H,2,7,10-11,13,32H2,1H3,(H,33,37)(H,35,42)(H,36,41). The maximum absolute atomic E-state index is 13.7. The summed E-state index contributed by atoms with van der Waals surface area (Å²) in [5, 5.41) is 21.1. The van der Waals surface area contributed by atoms with Crippen LogP contribution in [0.1, 0.15) is 41.4 Å². The lowest BCUT2D eigenvalue weighted by molar-refractivity contribution is -0.141. The van der Waals surface area contributed by atoms with E-state index in [1.807, 2.05) is 6.92 Å². The number of aryl methyl sites for hydroxylation is 1. The van der Waals surface area contributed by atoms with E-state index in [1.54, 1.807) is 24.3 Å². The Bertz CT molecular complexity index is 1680. The minimum Gasteiger partial charge on any atom is -0.352 e. The highest BCUT2D eigenvalue weighted by molar-refractivity contribution is 5.98. The number of benzene rings is 1. The van der Waals surface area contributed by atoms with E-state index in [9.17, 15) is 22.8 Å². The van der Waals surface area contributed by atoms with Crippen LogP contribution < -0.4 is 21.7 Å². The number of rotatable bonds is 9. The van der Waals surface area contributed by atoms with Gasteiger partial charge < -0.3 is 21.7 Å². The van der Waals surface area contributed by atoms with Gasteiger partial charge >= 0.3 is 6.18 Å². The summed E-state index contributed by atoms with van der Waals surface area (Å²) in [5.41, 5.74) is 6.45. The van der Waals surface area contributed by atoms with Crippen LogP contribution >= 0.6 is 0 Å². The van der Waals surface area contributed by atoms with Crippen LogP contribution in [0.5, 0.6) is 0 Å². The average Bonchev–Trinajstić information content (AvgIpc) is 3.56. The van der Waals surface area contributed by atoms with Gasteiger partial charge in [-0.05, 0) is 43.0 Å². The maximum atomic E-state index is 13.7. The van der Waals surface area contributed by atoms with Crippen molar-refractivity contribution in [3.8, 4) is 17.3 Å². The molecule has 42 heavy (non-hydrogen) atoms. The van der Waals surface area contributed by atoms with E-state index in [0.29, 0.717) is 23.2 Å². The van der Waals surface area contributed by atoms with Gasteiger partial charge in [0.05, 0.1) is 30.1 Å². The first-order chi connectivity index (χ1) is 20.1. The van der Waals surface area contributed by atoms with Crippen LogP contribution in [-0.2, 0) is 23.9 Å². The number of hydrogen-bond donors (Lipinski definition) is 4. The van der Waals surface area contributed by atoms with Crippen LogP contribution in [0, 0.1) is 11.3 Å². The van der Waals surface area contributed by atoms with E-state index in [1.165, 1.54) is 23.0 Å². The summed E-state index contributed by atoms with van der Waals surface area (Å²) in [4.78, 5) is 33.5. The summed E-state index contributed by atoms with van der Waals surface area (Å²) in [6, 6.07) is 6.96. The first-order valence-electron chi connectivity index (χ1n) is 13.1. The van der Waals surface area contributed by atoms with Crippen molar-refractivity contribution < 1.29 is 22.8 Å². The zero-order chi connectivity index (χ0) is 30.0. The van der Waals surface area contributed by atoms with Gasteiger partial charge in [0.15, 0.2) is 17.2 Å². The normalized spacial score (nSPS) is 16.5. The molecule has 1 aliphatic rings. The Kier molecular flexibility index (Phi) is 7.81. The van der Waals surface area contributed by atoms with Crippen LogP contribution in [0.4, 0.5) is 24.7 Å². The molecule has 1 aliphatic carbocycles. The number of imidazole rings is 1. The highest BCUT2D eigenvalue weighted by atomic mass is 19.4. The fourth-order valence-electron chi connectivity index (χ4n) is 4.81. The predicted molar refractivity (Wildman–Crippen MR) is 145 cm³/mol. The number of carbonyl (C=O) groups is 2. The third kappa shape index (κ3) is 5.88. The Hall–Kier alpha value is -4.97. The molecule has 1 saturated carbocycles. The molecule has 2 amide bonds. The number of anilines is 2. The molecule has 0 radical (unpaired) electrons. The fourth-order valence-corrected chi connectivity index (χ4v) is 4.81. The molecule has 0 atom stereocenters. The summed E-state index contributed by atoms with van der Waals surface area (Å²) in [6.45, 7) is 1.38. The van der Waals surface area contributed by atoms with E-state index in [0.717, 1.165) is 23.7 Å². The van der Waals surface area contributed by atoms with Gasteiger partial charge in [-0.1, -0.05) is 6.92 Å². The van der Waals surface area contributed by atoms with Crippen LogP contribution in [0.15, 0.2) is 43.0 Å². The first-order valence-corrected chi connectivity index (χ1v) is 13.1. The Morgan fingerprint density at radius 2 is 2.02 bits per heavy atom. The molecule has 3 aromatic heterocycles. The minimum atomic E-state index is -4.74. The Morgan fingerprint density at radius 3 is 2.71 bits per heavy atom. The molecule has 1 fully saturated rings. The lowest BCUT2D eigenvalue weighted by Crippen LogP contribution is -2.52. The molecule has 1 aromatic carbocycles. The number of halogens is 3. The summed E-state index contributed by atoms with van der Waals surface area (Å²) in [6.07, 6.45) is 2.55. The molecule has 0 saturated heterocycles. The minimum absolute atomic E-state index is 0.0400. The van der Waals surface area contributed by atoms with Crippen molar-refractivity contribution >= 4 is 29.0 Å². The van der Waals surface area contributed by atoms with Crippen molar-refractivity contribution in [1.29, 1.82) is 5.26 Å². The second kappa shape index (κ2) is 11.5. The van der Waals surface area contributed by atoms with Gasteiger partial charge in [0.1, 0.15) is 6.54 Å². The zero-order valence-electron chi connectivity index (χ0n) is 22.4. The highest BCUT2D eigenvalue weighted by Gasteiger charge is 2.38. The zero-order valence-corrected chi connectivity index (χ0v) is 22.4. The lowest BCUT2D eigenvalue weighted by atomic mass is 9.88. The summed E-state index contributed by atoms with van der Waals surface area (Å²) in [5.74, 6) is -0.405. The largest absolute Gasteiger partial charge is 0.435 e. The van der Waals surface area contributed by atoms with Crippen LogP contribution in [0.25, 0.3) is 16.9 Å². The molecule has 4 aromatic rings. The molecule has 0 bridgehead atoms. The molecule has 0 aliphatic heterocycles. The van der Waals surface area contributed by atoms with Gasteiger partial charge in [0, 0.05) is 41.9 Å². The number of amides is 2. The lowest BCUT2D eigenvalue weighted by Gasteiger charge is -2.32. The fraction of sp³-hybridized carbons (Fsp3) is 0.333. The van der Waals surface area contributed by atoms with Crippen molar-refractivity contribution in [1.82, 2.24) is 34.8 Å². The number of carbonyl (C=O) groups excluding carboxylic acids is 2. The van der Waals surface area contributed by atoms with Crippen LogP contribution in [0.3, 0.4) is 0 Å². The molecule has 218 valence electrons. The predicted octanol–water partition coefficient (Wildman–Crippen LogP) is 2.78. The summed E-state index contributed by atoms with van der Waals surface area (Å²) >= 11 is 0. The van der Waals surface area contributed by atoms with Gasteiger partial charge in [-0.3, -0.25) is 18.7 Å². The van der Waals surface area contributed by atoms with E-state index < -0.39 is 17.8 Å². The number of alkyl halides is 3. The molecule has 5 N–H and O–H groups in total. The number of nitrogens with one attached hydrogen (secondary N) is 3. The Labute approximate surface area is 237 Å². The van der Waals surface area contributed by atoms with E-state index in [4.69, 9.17) is 11.0 Å². The van der Waals surface area contributed by atoms with Crippen molar-refractivity contribution in [3.05, 3.63) is 59.8 Å². The molecule has 12 nitrogen and oxygen atoms in total. The summed E-state index contributed by atoms with van der Waals surface area (Å²) < 4.78 is 43.5. The molecule has 0 unspecified atom stereocenters. The maximum Gasteiger partial charge on any atom is 0.435 e. The van der Waals surface area contributed by atoms with Gasteiger partial charge in [-0.15, -0.1) is 0 Å². The van der Waals surface area contributed by atoms with Gasteiger partial charge in [0.2, 0.25) is 5.91 Å². The highest BCUT2D eigenvalue weighted by Crippen LogP contribution is 2.37. The second-order valence-corrected chi connectivity index (χ2v) is 9.89. The summed E-state index contributed by atoms with van der Waals surface area (Å²) in [7, 11) is 0. The van der Waals surface area contributed by atoms with E-state index in [-0.39, 0.29) is 53.8 Å². The Morgan fingerprint density at radius 1 is 1.24 bits per heavy atom. The molecule has 0 spiro atoms. The second-order valence-electron chi connectivity index (χ2n) is 9.89. The number of nitriles is 1. The Balaban J connectivity index is 1.35. The first kappa shape index (κ1) is 28.6. The molecular formula is C27H27F3N10O2. The molecular weight excluding hydrogens is 553 g/mol. The topological polar surface area (TPSA) is 168 Å². The quantitative estimate of drug-likeness (QED) is 0.234. The SMILES string of the molecule is CCc1cc(Nc2nccn3c(-c4cn(CC#N)nc4C(F)(F)F)cnc23)ccc1C(=O)NCC(=O)NC1CC(N)C1. The van der Waals surface area contributed by atoms with Gasteiger partial charge in [-0.25, -0.2) is 9.97 Å². The number of hydrogen-bond acceptors (Lipinski definition) is 8. The average molecular weight is 581 g/mol. The number of aromatic nitrogens is 5.